The van der Waals surface area contributed by atoms with Gasteiger partial charge in [0.25, 0.3) is 0 Å². The van der Waals surface area contributed by atoms with Crippen molar-refractivity contribution in [1.29, 1.82) is 0 Å². The van der Waals surface area contributed by atoms with Crippen LogP contribution in [0.2, 0.25) is 0 Å². The Morgan fingerprint density at radius 1 is 1.00 bits per heavy atom. The number of hydroxylamine groups is 2. The number of esters is 2. The van der Waals surface area contributed by atoms with Crippen molar-refractivity contribution in [1.82, 2.24) is 5.06 Å². The Morgan fingerprint density at radius 3 is 1.56 bits per heavy atom. The molecule has 0 aromatic carbocycles. The van der Waals surface area contributed by atoms with E-state index < -0.39 is 23.0 Å². The maximum Gasteiger partial charge on any atom is 0.328 e. The third kappa shape index (κ3) is 1.58. The molecule has 2 unspecified atom stereocenters. The van der Waals surface area contributed by atoms with Gasteiger partial charge in [-0.3, -0.25) is 0 Å². The van der Waals surface area contributed by atoms with Gasteiger partial charge in [-0.15, -0.1) is 10.3 Å². The molecule has 91 valence electrons. The Hall–Kier alpha value is -1.14. The molecule has 1 rings (SSSR count). The number of hydrogen-bond acceptors (Lipinski definition) is 5. The monoisotopic (exact) mass is 230 g/mol. The van der Waals surface area contributed by atoms with Crippen molar-refractivity contribution < 1.29 is 24.3 Å². The summed E-state index contributed by atoms with van der Waals surface area (Å²) in [5.41, 5.74) is -2.62. The van der Waals surface area contributed by atoms with Crippen LogP contribution in [0.5, 0.6) is 0 Å². The van der Waals surface area contributed by atoms with Crippen LogP contribution in [-0.2, 0) is 24.3 Å². The number of methoxy groups -OCH3 is 2. The summed E-state index contributed by atoms with van der Waals surface area (Å²) in [4.78, 5) is 23.1. The van der Waals surface area contributed by atoms with Crippen LogP contribution in [0, 0.1) is 0 Å². The lowest BCUT2D eigenvalue weighted by molar-refractivity contribution is -0.256. The molecular weight excluding hydrogens is 214 g/mol. The summed E-state index contributed by atoms with van der Waals surface area (Å²) in [6.07, 6.45) is 0.545. The Bertz CT molecular complexity index is 288. The minimum Gasteiger partial charge on any atom is -0.468 e. The smallest absolute Gasteiger partial charge is 0.328 e. The first kappa shape index (κ1) is 12.9. The zero-order valence-electron chi connectivity index (χ0n) is 9.90. The summed E-state index contributed by atoms with van der Waals surface area (Å²) >= 11 is 0. The maximum absolute atomic E-state index is 12.1. The molecule has 6 nitrogen and oxygen atoms in total. The van der Waals surface area contributed by atoms with E-state index in [0.29, 0.717) is 5.06 Å². The number of rotatable bonds is 2. The molecule has 1 aliphatic rings. The first-order valence-electron chi connectivity index (χ1n) is 4.97. The molecule has 0 amide bonds. The van der Waals surface area contributed by atoms with Crippen molar-refractivity contribution in [3.63, 3.8) is 0 Å². The largest absolute Gasteiger partial charge is 0.468 e. The lowest BCUT2D eigenvalue weighted by atomic mass is 9.98. The molecule has 0 aliphatic carbocycles. The van der Waals surface area contributed by atoms with E-state index in [-0.39, 0.29) is 12.8 Å². The molecule has 0 saturated carbocycles. The van der Waals surface area contributed by atoms with E-state index in [1.54, 1.807) is 0 Å². The van der Waals surface area contributed by atoms with Crippen LogP contribution in [0.15, 0.2) is 0 Å². The van der Waals surface area contributed by atoms with Crippen LogP contribution in [0.3, 0.4) is 0 Å². The average molecular weight is 230 g/mol. The number of nitrogens with zero attached hydrogens (tertiary/aromatic N) is 1. The third-order valence-electron chi connectivity index (χ3n) is 3.25. The van der Waals surface area contributed by atoms with Gasteiger partial charge in [0.2, 0.25) is 0 Å². The minimum absolute atomic E-state index is 0.273. The lowest BCUT2D eigenvalue weighted by Crippen LogP contribution is -2.56. The quantitative estimate of drug-likeness (QED) is 0.637. The van der Waals surface area contributed by atoms with E-state index in [4.69, 9.17) is 0 Å². The standard InChI is InChI=1S/C10H16NO5/c1-9(7(12)15-3)5-6-10(2,11(9)14)8(13)16-4/h5-6H2,1-4H3. The van der Waals surface area contributed by atoms with Crippen LogP contribution < -0.4 is 0 Å². The summed E-state index contributed by atoms with van der Waals surface area (Å²) < 4.78 is 9.16. The second kappa shape index (κ2) is 4.03. The van der Waals surface area contributed by atoms with E-state index in [0.717, 1.165) is 0 Å². The topological polar surface area (TPSA) is 75.7 Å². The zero-order chi connectivity index (χ0) is 12.6. The molecule has 2 atom stereocenters. The number of hydrogen-bond donors (Lipinski definition) is 0. The van der Waals surface area contributed by atoms with Gasteiger partial charge in [-0.2, -0.15) is 0 Å². The molecule has 0 N–H and O–H groups in total. The number of ether oxygens (including phenoxy) is 2. The van der Waals surface area contributed by atoms with Crippen molar-refractivity contribution in [2.24, 2.45) is 0 Å². The average Bonchev–Trinajstić information content (AvgIpc) is 2.54. The highest BCUT2D eigenvalue weighted by atomic mass is 16.6. The SMILES string of the molecule is COC(=O)C1(C)CCC(C)(C(=O)OC)N1[O]. The third-order valence-corrected chi connectivity index (χ3v) is 3.25. The van der Waals surface area contributed by atoms with E-state index in [9.17, 15) is 14.8 Å². The lowest BCUT2D eigenvalue weighted by Gasteiger charge is -2.32. The number of carbonyl (C=O) groups excluding carboxylic acids is 2. The molecular formula is C10H16NO5. The molecule has 1 heterocycles. The van der Waals surface area contributed by atoms with E-state index >= 15 is 0 Å². The van der Waals surface area contributed by atoms with E-state index in [1.807, 2.05) is 0 Å². The van der Waals surface area contributed by atoms with Gasteiger partial charge in [0, 0.05) is 0 Å². The summed E-state index contributed by atoms with van der Waals surface area (Å²) in [6.45, 7) is 2.94. The maximum atomic E-state index is 12.1. The zero-order valence-corrected chi connectivity index (χ0v) is 9.90. The first-order chi connectivity index (χ1) is 7.32. The molecule has 1 saturated heterocycles. The molecule has 1 fully saturated rings. The molecule has 0 bridgehead atoms. The highest BCUT2D eigenvalue weighted by Crippen LogP contribution is 2.41. The summed E-state index contributed by atoms with van der Waals surface area (Å²) in [7, 11) is 2.43. The fourth-order valence-electron chi connectivity index (χ4n) is 2.04. The number of carbonyl (C=O) groups is 2. The second-order valence-electron chi connectivity index (χ2n) is 4.33. The van der Waals surface area contributed by atoms with Crippen LogP contribution >= 0.6 is 0 Å². The Morgan fingerprint density at radius 2 is 1.31 bits per heavy atom. The van der Waals surface area contributed by atoms with Crippen LogP contribution in [0.1, 0.15) is 26.7 Å². The fraction of sp³-hybridized carbons (Fsp3) is 0.800. The van der Waals surface area contributed by atoms with Crippen LogP contribution in [-0.4, -0.2) is 42.3 Å². The van der Waals surface area contributed by atoms with Crippen LogP contribution in [0.25, 0.3) is 0 Å². The van der Waals surface area contributed by atoms with Crippen molar-refractivity contribution in [3.05, 3.63) is 0 Å². The van der Waals surface area contributed by atoms with Gasteiger partial charge in [0.05, 0.1) is 14.2 Å². The Kier molecular flexibility index (Phi) is 3.25. The predicted molar refractivity (Wildman–Crippen MR) is 52.6 cm³/mol. The van der Waals surface area contributed by atoms with Gasteiger partial charge in [0.1, 0.15) is 11.1 Å². The molecule has 0 spiro atoms. The fourth-order valence-corrected chi connectivity index (χ4v) is 2.04. The van der Waals surface area contributed by atoms with Gasteiger partial charge in [-0.05, 0) is 26.7 Å². The summed E-state index contributed by atoms with van der Waals surface area (Å²) in [5, 5.41) is 12.6. The Labute approximate surface area is 94.1 Å². The molecule has 1 radical (unpaired) electrons. The highest BCUT2D eigenvalue weighted by Gasteiger charge is 2.60. The first-order valence-corrected chi connectivity index (χ1v) is 4.97. The molecule has 16 heavy (non-hydrogen) atoms. The van der Waals surface area contributed by atoms with Gasteiger partial charge < -0.3 is 9.47 Å². The second-order valence-corrected chi connectivity index (χ2v) is 4.33. The van der Waals surface area contributed by atoms with E-state index in [1.165, 1.54) is 28.1 Å². The van der Waals surface area contributed by atoms with Crippen molar-refractivity contribution >= 4 is 11.9 Å². The highest BCUT2D eigenvalue weighted by molar-refractivity contribution is 5.86. The predicted octanol–water partition coefficient (Wildman–Crippen LogP) is 0.291. The van der Waals surface area contributed by atoms with E-state index in [2.05, 4.69) is 9.47 Å². The van der Waals surface area contributed by atoms with Gasteiger partial charge in [0.15, 0.2) is 0 Å². The molecule has 0 aromatic heterocycles. The van der Waals surface area contributed by atoms with Crippen molar-refractivity contribution in [3.8, 4) is 0 Å². The minimum atomic E-state index is -1.31. The van der Waals surface area contributed by atoms with Gasteiger partial charge in [-0.25, -0.2) is 9.59 Å². The van der Waals surface area contributed by atoms with Crippen molar-refractivity contribution in [2.45, 2.75) is 37.8 Å². The van der Waals surface area contributed by atoms with Crippen molar-refractivity contribution in [2.75, 3.05) is 14.2 Å². The normalized spacial score (nSPS) is 34.8. The van der Waals surface area contributed by atoms with Gasteiger partial charge >= 0.3 is 11.9 Å². The molecule has 0 aromatic rings. The van der Waals surface area contributed by atoms with Crippen LogP contribution in [0.4, 0.5) is 0 Å². The molecule has 6 heteroatoms. The molecule has 1 aliphatic heterocycles. The van der Waals surface area contributed by atoms with Gasteiger partial charge in [-0.1, -0.05) is 0 Å². The summed E-state index contributed by atoms with van der Waals surface area (Å²) in [6, 6.07) is 0. The summed E-state index contributed by atoms with van der Waals surface area (Å²) in [5.74, 6) is -1.26. The Balaban J connectivity index is 3.01.